The Hall–Kier alpha value is -0.930. The van der Waals surface area contributed by atoms with Crippen LogP contribution in [0.15, 0.2) is 6.07 Å². The molecule has 98 valence electrons. The zero-order chi connectivity index (χ0) is 12.5. The fourth-order valence-electron chi connectivity index (χ4n) is 2.79. The van der Waals surface area contributed by atoms with Crippen LogP contribution in [-0.2, 0) is 6.42 Å². The number of nitrogens with two attached hydrogens (primary N) is 1. The first kappa shape index (κ1) is 12.1. The maximum Gasteiger partial charge on any atom is 0.166 e. The second-order valence-electron chi connectivity index (χ2n) is 4.98. The molecule has 0 fully saturated rings. The molecular weight excluding hydrogens is 250 g/mol. The summed E-state index contributed by atoms with van der Waals surface area (Å²) in [5, 5.41) is 0.770. The third-order valence-electron chi connectivity index (χ3n) is 3.69. The quantitative estimate of drug-likeness (QED) is 0.734. The molecule has 1 heterocycles. The first-order valence-corrected chi connectivity index (χ1v) is 7.01. The maximum atomic E-state index is 6.38. The van der Waals surface area contributed by atoms with Gasteiger partial charge in [0.15, 0.2) is 11.5 Å². The summed E-state index contributed by atoms with van der Waals surface area (Å²) in [5.74, 6) is 1.59. The van der Waals surface area contributed by atoms with Gasteiger partial charge < -0.3 is 15.2 Å². The van der Waals surface area contributed by atoms with Gasteiger partial charge in [0, 0.05) is 29.1 Å². The van der Waals surface area contributed by atoms with Crippen LogP contribution in [0.5, 0.6) is 11.5 Å². The monoisotopic (exact) mass is 267 g/mol. The van der Waals surface area contributed by atoms with E-state index in [9.17, 15) is 0 Å². The summed E-state index contributed by atoms with van der Waals surface area (Å²) in [7, 11) is 0. The Morgan fingerprint density at radius 1 is 1.17 bits per heavy atom. The Morgan fingerprint density at radius 3 is 2.89 bits per heavy atom. The lowest BCUT2D eigenvalue weighted by molar-refractivity contribution is 0.295. The molecule has 1 aliphatic carbocycles. The molecular formula is C14H18ClNO2. The molecule has 1 aliphatic heterocycles. The first-order chi connectivity index (χ1) is 8.77. The van der Waals surface area contributed by atoms with Crippen molar-refractivity contribution in [2.75, 3.05) is 13.2 Å². The van der Waals surface area contributed by atoms with Crippen LogP contribution in [0, 0.1) is 0 Å². The van der Waals surface area contributed by atoms with Gasteiger partial charge in [0.05, 0.1) is 13.2 Å². The van der Waals surface area contributed by atoms with Crippen LogP contribution in [0.25, 0.3) is 0 Å². The number of fused-ring (bicyclic) bond motifs is 3. The summed E-state index contributed by atoms with van der Waals surface area (Å²) >= 11 is 6.38. The normalized spacial score (nSPS) is 22.9. The number of benzene rings is 1. The van der Waals surface area contributed by atoms with Gasteiger partial charge in [-0.05, 0) is 24.8 Å². The van der Waals surface area contributed by atoms with E-state index in [2.05, 4.69) is 0 Å². The van der Waals surface area contributed by atoms with E-state index in [0.29, 0.717) is 13.2 Å². The van der Waals surface area contributed by atoms with Crippen molar-refractivity contribution >= 4 is 11.6 Å². The molecule has 2 N–H and O–H groups in total. The third kappa shape index (κ3) is 2.06. The highest BCUT2D eigenvalue weighted by atomic mass is 35.5. The van der Waals surface area contributed by atoms with Crippen LogP contribution in [0.3, 0.4) is 0 Å². The molecule has 3 rings (SSSR count). The molecule has 1 atom stereocenters. The standard InChI is InChI=1S/C14H18ClNO2/c15-10-8-12-14(18-7-3-6-17-12)13-9(10)4-1-2-5-11(13)16/h8,11H,1-7,16H2. The second-order valence-corrected chi connectivity index (χ2v) is 5.39. The summed E-state index contributed by atoms with van der Waals surface area (Å²) in [5.41, 5.74) is 8.53. The van der Waals surface area contributed by atoms with Gasteiger partial charge in [-0.3, -0.25) is 0 Å². The fraction of sp³-hybridized carbons (Fsp3) is 0.571. The van der Waals surface area contributed by atoms with E-state index in [-0.39, 0.29) is 6.04 Å². The number of halogens is 1. The average Bonchev–Trinajstić information content (AvgIpc) is 2.68. The minimum absolute atomic E-state index is 0.0108. The van der Waals surface area contributed by atoms with Gasteiger partial charge >= 0.3 is 0 Å². The lowest BCUT2D eigenvalue weighted by atomic mass is 9.97. The van der Waals surface area contributed by atoms with E-state index in [0.717, 1.165) is 59.8 Å². The molecule has 0 saturated heterocycles. The van der Waals surface area contributed by atoms with Crippen molar-refractivity contribution in [1.29, 1.82) is 0 Å². The van der Waals surface area contributed by atoms with E-state index in [1.807, 2.05) is 6.07 Å². The second kappa shape index (κ2) is 4.98. The highest BCUT2D eigenvalue weighted by Crippen LogP contribution is 2.44. The van der Waals surface area contributed by atoms with Crippen LogP contribution >= 0.6 is 11.6 Å². The molecule has 1 aromatic carbocycles. The Morgan fingerprint density at radius 2 is 2.00 bits per heavy atom. The van der Waals surface area contributed by atoms with E-state index < -0.39 is 0 Å². The van der Waals surface area contributed by atoms with Gasteiger partial charge in [-0.2, -0.15) is 0 Å². The van der Waals surface area contributed by atoms with E-state index >= 15 is 0 Å². The minimum Gasteiger partial charge on any atom is -0.489 e. The summed E-state index contributed by atoms with van der Waals surface area (Å²) in [6.07, 6.45) is 5.15. The predicted molar refractivity (Wildman–Crippen MR) is 71.5 cm³/mol. The number of rotatable bonds is 0. The number of ether oxygens (including phenoxy) is 2. The SMILES string of the molecule is NC1CCCCc2c(Cl)cc3c(c21)OCCCO3. The van der Waals surface area contributed by atoms with Crippen molar-refractivity contribution in [2.24, 2.45) is 5.73 Å². The van der Waals surface area contributed by atoms with Crippen molar-refractivity contribution in [3.05, 3.63) is 22.2 Å². The van der Waals surface area contributed by atoms with Crippen molar-refractivity contribution in [1.82, 2.24) is 0 Å². The smallest absolute Gasteiger partial charge is 0.166 e. The Kier molecular flexibility index (Phi) is 3.35. The molecule has 0 saturated carbocycles. The molecule has 0 spiro atoms. The number of hydrogen-bond acceptors (Lipinski definition) is 3. The Bertz CT molecular complexity index is 462. The van der Waals surface area contributed by atoms with E-state index in [1.54, 1.807) is 0 Å². The summed E-state index contributed by atoms with van der Waals surface area (Å²) < 4.78 is 11.6. The molecule has 0 amide bonds. The van der Waals surface area contributed by atoms with Gasteiger partial charge in [0.1, 0.15) is 0 Å². The molecule has 0 aromatic heterocycles. The van der Waals surface area contributed by atoms with Crippen LogP contribution in [0.4, 0.5) is 0 Å². The van der Waals surface area contributed by atoms with Gasteiger partial charge in [-0.15, -0.1) is 0 Å². The fourth-order valence-corrected chi connectivity index (χ4v) is 3.09. The van der Waals surface area contributed by atoms with Crippen molar-refractivity contribution < 1.29 is 9.47 Å². The first-order valence-electron chi connectivity index (χ1n) is 6.64. The van der Waals surface area contributed by atoms with Gasteiger partial charge in [-0.1, -0.05) is 18.0 Å². The van der Waals surface area contributed by atoms with Gasteiger partial charge in [0.25, 0.3) is 0 Å². The third-order valence-corrected chi connectivity index (χ3v) is 4.03. The lowest BCUT2D eigenvalue weighted by Crippen LogP contribution is -2.13. The zero-order valence-electron chi connectivity index (χ0n) is 10.4. The molecule has 0 radical (unpaired) electrons. The van der Waals surface area contributed by atoms with Crippen molar-refractivity contribution in [3.8, 4) is 11.5 Å². The highest BCUT2D eigenvalue weighted by Gasteiger charge is 2.26. The molecule has 1 aromatic rings. The van der Waals surface area contributed by atoms with Crippen molar-refractivity contribution in [2.45, 2.75) is 38.1 Å². The Labute approximate surface area is 112 Å². The number of hydrogen-bond donors (Lipinski definition) is 1. The molecule has 0 bridgehead atoms. The van der Waals surface area contributed by atoms with Crippen LogP contribution in [0.1, 0.15) is 42.9 Å². The minimum atomic E-state index is 0.0108. The average molecular weight is 268 g/mol. The molecule has 2 aliphatic rings. The summed E-state index contributed by atoms with van der Waals surface area (Å²) in [6.45, 7) is 1.37. The van der Waals surface area contributed by atoms with Crippen LogP contribution < -0.4 is 15.2 Å². The van der Waals surface area contributed by atoms with Crippen LogP contribution in [0.2, 0.25) is 5.02 Å². The highest BCUT2D eigenvalue weighted by molar-refractivity contribution is 6.31. The molecule has 1 unspecified atom stereocenters. The largest absolute Gasteiger partial charge is 0.489 e. The maximum absolute atomic E-state index is 6.38. The zero-order valence-corrected chi connectivity index (χ0v) is 11.1. The summed E-state index contributed by atoms with van der Waals surface area (Å²) in [4.78, 5) is 0. The van der Waals surface area contributed by atoms with Crippen molar-refractivity contribution in [3.63, 3.8) is 0 Å². The molecule has 3 nitrogen and oxygen atoms in total. The molecule has 18 heavy (non-hydrogen) atoms. The van der Waals surface area contributed by atoms with Gasteiger partial charge in [-0.25, -0.2) is 0 Å². The van der Waals surface area contributed by atoms with Crippen LogP contribution in [-0.4, -0.2) is 13.2 Å². The molecule has 4 heteroatoms. The Balaban J connectivity index is 2.17. The van der Waals surface area contributed by atoms with E-state index in [1.165, 1.54) is 0 Å². The van der Waals surface area contributed by atoms with E-state index in [4.69, 9.17) is 26.8 Å². The summed E-state index contributed by atoms with van der Waals surface area (Å²) in [6, 6.07) is 1.90. The topological polar surface area (TPSA) is 44.5 Å². The lowest BCUT2D eigenvalue weighted by Gasteiger charge is -2.20. The predicted octanol–water partition coefficient (Wildman–Crippen LogP) is 3.23. The van der Waals surface area contributed by atoms with Gasteiger partial charge in [0.2, 0.25) is 0 Å².